The van der Waals surface area contributed by atoms with Gasteiger partial charge in [0, 0.05) is 16.5 Å². The smallest absolute Gasteiger partial charge is 0.242 e. The third kappa shape index (κ3) is 4.58. The van der Waals surface area contributed by atoms with Gasteiger partial charge in [0.05, 0.1) is 12.2 Å². The van der Waals surface area contributed by atoms with Crippen LogP contribution in [0.5, 0.6) is 0 Å². The summed E-state index contributed by atoms with van der Waals surface area (Å²) >= 11 is 13.1. The first-order chi connectivity index (χ1) is 12.4. The molecule has 5 nitrogen and oxygen atoms in total. The highest BCUT2D eigenvalue weighted by Gasteiger charge is 2.38. The van der Waals surface area contributed by atoms with Gasteiger partial charge in [0.25, 0.3) is 0 Å². The zero-order valence-electron chi connectivity index (χ0n) is 13.6. The molecule has 0 bridgehead atoms. The van der Waals surface area contributed by atoms with E-state index in [0.717, 1.165) is 5.56 Å². The molecule has 26 heavy (non-hydrogen) atoms. The lowest BCUT2D eigenvalue weighted by molar-refractivity contribution is -0.128. The van der Waals surface area contributed by atoms with Crippen LogP contribution in [0, 0.1) is 0 Å². The first kappa shape index (κ1) is 18.8. The number of nitrogens with two attached hydrogens (primary N) is 1. The van der Waals surface area contributed by atoms with Crippen molar-refractivity contribution in [3.05, 3.63) is 64.1 Å². The number of carbonyl (C=O) groups excluding carboxylic acids is 2. The van der Waals surface area contributed by atoms with Crippen molar-refractivity contribution in [1.82, 2.24) is 4.90 Å². The molecule has 1 fully saturated rings. The monoisotopic (exact) mass is 407 g/mol. The molecule has 0 radical (unpaired) electrons. The largest absolute Gasteiger partial charge is 0.370 e. The number of hydrogen-bond donors (Lipinski definition) is 1. The van der Waals surface area contributed by atoms with Crippen molar-refractivity contribution < 1.29 is 9.59 Å². The fourth-order valence-corrected chi connectivity index (χ4v) is 3.87. The average Bonchev–Trinajstić information content (AvgIpc) is 2.87. The molecule has 1 aliphatic rings. The molecule has 0 aromatic heterocycles. The zero-order valence-corrected chi connectivity index (χ0v) is 15.9. The Bertz CT molecular complexity index is 854. The Morgan fingerprint density at radius 2 is 1.65 bits per heavy atom. The molecule has 134 valence electrons. The molecule has 2 aromatic carbocycles. The van der Waals surface area contributed by atoms with E-state index in [9.17, 15) is 9.59 Å². The lowest BCUT2D eigenvalue weighted by Gasteiger charge is -2.16. The molecule has 8 heteroatoms. The van der Waals surface area contributed by atoms with Gasteiger partial charge in [0.1, 0.15) is 5.25 Å². The summed E-state index contributed by atoms with van der Waals surface area (Å²) in [4.78, 5) is 30.1. The van der Waals surface area contributed by atoms with Crippen LogP contribution in [-0.4, -0.2) is 27.1 Å². The van der Waals surface area contributed by atoms with Crippen molar-refractivity contribution in [2.75, 3.05) is 0 Å². The first-order valence-corrected chi connectivity index (χ1v) is 9.41. The molecule has 3 rings (SSSR count). The lowest BCUT2D eigenvalue weighted by atomic mass is 10.2. The van der Waals surface area contributed by atoms with Crippen LogP contribution < -0.4 is 5.73 Å². The zero-order chi connectivity index (χ0) is 18.7. The minimum atomic E-state index is -0.564. The van der Waals surface area contributed by atoms with E-state index in [2.05, 4.69) is 4.99 Å². The number of benzene rings is 2. The fraction of sp³-hybridized carbons (Fsp3) is 0.167. The standard InChI is InChI=1S/C18H15Cl2N3O2S/c19-12-3-1-11(2-4-12)10-23-17(25)15(9-16(21)24)26-18(23)22-14-7-5-13(20)6-8-14/h1-8,15H,9-10H2,(H2,21,24)/t15-/m1/s1. The van der Waals surface area contributed by atoms with E-state index in [1.54, 1.807) is 41.3 Å². The maximum atomic E-state index is 12.7. The fourth-order valence-electron chi connectivity index (χ4n) is 2.45. The molecule has 2 N–H and O–H groups in total. The Balaban J connectivity index is 1.89. The number of aliphatic imine (C=N–C) groups is 1. The summed E-state index contributed by atoms with van der Waals surface area (Å²) in [6.07, 6.45) is -0.0275. The molecular weight excluding hydrogens is 393 g/mol. The third-order valence-corrected chi connectivity index (χ3v) is 5.39. The predicted octanol–water partition coefficient (Wildman–Crippen LogP) is 4.00. The van der Waals surface area contributed by atoms with Gasteiger partial charge in [-0.2, -0.15) is 0 Å². The maximum Gasteiger partial charge on any atom is 0.242 e. The van der Waals surface area contributed by atoms with E-state index in [4.69, 9.17) is 28.9 Å². The van der Waals surface area contributed by atoms with Gasteiger partial charge in [0.2, 0.25) is 11.8 Å². The van der Waals surface area contributed by atoms with Gasteiger partial charge in [-0.1, -0.05) is 47.1 Å². The van der Waals surface area contributed by atoms with E-state index in [1.165, 1.54) is 11.8 Å². The van der Waals surface area contributed by atoms with Gasteiger partial charge in [0.15, 0.2) is 5.17 Å². The Labute approximate surface area is 165 Å². The van der Waals surface area contributed by atoms with E-state index in [-0.39, 0.29) is 12.3 Å². The number of carbonyl (C=O) groups is 2. The van der Waals surface area contributed by atoms with Gasteiger partial charge in [-0.3, -0.25) is 14.5 Å². The number of amidine groups is 1. The quantitative estimate of drug-likeness (QED) is 0.813. The van der Waals surface area contributed by atoms with Crippen LogP contribution in [0.4, 0.5) is 5.69 Å². The van der Waals surface area contributed by atoms with Crippen LogP contribution >= 0.6 is 35.0 Å². The van der Waals surface area contributed by atoms with Crippen molar-refractivity contribution >= 4 is 57.6 Å². The van der Waals surface area contributed by atoms with Crippen LogP contribution in [0.25, 0.3) is 0 Å². The van der Waals surface area contributed by atoms with Crippen LogP contribution in [0.3, 0.4) is 0 Å². The van der Waals surface area contributed by atoms with Crippen molar-refractivity contribution in [2.45, 2.75) is 18.2 Å². The highest BCUT2D eigenvalue weighted by Crippen LogP contribution is 2.33. The van der Waals surface area contributed by atoms with Crippen molar-refractivity contribution in [3.8, 4) is 0 Å². The Morgan fingerprint density at radius 1 is 1.08 bits per heavy atom. The number of thioether (sulfide) groups is 1. The van der Waals surface area contributed by atoms with Crippen LogP contribution in [-0.2, 0) is 16.1 Å². The Hall–Kier alpha value is -2.02. The highest BCUT2D eigenvalue weighted by atomic mass is 35.5. The molecule has 0 spiro atoms. The number of hydrogen-bond acceptors (Lipinski definition) is 4. The maximum absolute atomic E-state index is 12.7. The minimum Gasteiger partial charge on any atom is -0.370 e. The molecule has 1 heterocycles. The van der Waals surface area contributed by atoms with Crippen molar-refractivity contribution in [3.63, 3.8) is 0 Å². The van der Waals surface area contributed by atoms with Gasteiger partial charge in [-0.05, 0) is 42.0 Å². The van der Waals surface area contributed by atoms with Crippen LogP contribution in [0.1, 0.15) is 12.0 Å². The van der Waals surface area contributed by atoms with Crippen LogP contribution in [0.2, 0.25) is 10.0 Å². The summed E-state index contributed by atoms with van der Waals surface area (Å²) < 4.78 is 0. The first-order valence-electron chi connectivity index (χ1n) is 7.77. The van der Waals surface area contributed by atoms with Crippen molar-refractivity contribution in [2.24, 2.45) is 10.7 Å². The van der Waals surface area contributed by atoms with E-state index >= 15 is 0 Å². The molecular formula is C18H15Cl2N3O2S. The number of nitrogens with zero attached hydrogens (tertiary/aromatic N) is 2. The highest BCUT2D eigenvalue weighted by molar-refractivity contribution is 8.15. The SMILES string of the molecule is NC(=O)C[C@H]1SC(=Nc2ccc(Cl)cc2)N(Cc2ccc(Cl)cc2)C1=O. The van der Waals surface area contributed by atoms with Gasteiger partial charge in [-0.25, -0.2) is 4.99 Å². The number of amides is 2. The van der Waals surface area contributed by atoms with Gasteiger partial charge in [-0.15, -0.1) is 0 Å². The second-order valence-corrected chi connectivity index (χ2v) is 7.74. The minimum absolute atomic E-state index is 0.0275. The Morgan fingerprint density at radius 3 is 2.23 bits per heavy atom. The van der Waals surface area contributed by atoms with Crippen molar-refractivity contribution in [1.29, 1.82) is 0 Å². The second-order valence-electron chi connectivity index (χ2n) is 5.70. The molecule has 2 amide bonds. The number of rotatable bonds is 5. The molecule has 1 saturated heterocycles. The van der Waals surface area contributed by atoms with Crippen LogP contribution in [0.15, 0.2) is 53.5 Å². The predicted molar refractivity (Wildman–Crippen MR) is 106 cm³/mol. The summed E-state index contributed by atoms with van der Waals surface area (Å²) in [5.74, 6) is -0.702. The number of primary amides is 1. The summed E-state index contributed by atoms with van der Waals surface area (Å²) in [5, 5.41) is 1.19. The summed E-state index contributed by atoms with van der Waals surface area (Å²) in [5.41, 5.74) is 6.85. The normalized spacial score (nSPS) is 18.5. The van der Waals surface area contributed by atoms with E-state index < -0.39 is 11.2 Å². The summed E-state index contributed by atoms with van der Waals surface area (Å²) in [6, 6.07) is 14.2. The van der Waals surface area contributed by atoms with E-state index in [1.807, 2.05) is 12.1 Å². The van der Waals surface area contributed by atoms with E-state index in [0.29, 0.717) is 27.4 Å². The third-order valence-electron chi connectivity index (χ3n) is 3.71. The summed E-state index contributed by atoms with van der Waals surface area (Å²) in [6.45, 7) is 0.338. The molecule has 1 aliphatic heterocycles. The molecule has 2 aromatic rings. The average molecular weight is 408 g/mol. The van der Waals surface area contributed by atoms with Gasteiger partial charge >= 0.3 is 0 Å². The molecule has 0 unspecified atom stereocenters. The summed E-state index contributed by atoms with van der Waals surface area (Å²) in [7, 11) is 0. The second kappa shape index (κ2) is 8.12. The lowest BCUT2D eigenvalue weighted by Crippen LogP contribution is -2.33. The molecule has 1 atom stereocenters. The van der Waals surface area contributed by atoms with Gasteiger partial charge < -0.3 is 5.73 Å². The number of halogens is 2. The molecule has 0 aliphatic carbocycles. The topological polar surface area (TPSA) is 75.8 Å². The Kier molecular flexibility index (Phi) is 5.86. The molecule has 0 saturated carbocycles.